The van der Waals surface area contributed by atoms with E-state index in [0.29, 0.717) is 5.69 Å². The van der Waals surface area contributed by atoms with Crippen LogP contribution in [-0.2, 0) is 14.4 Å². The van der Waals surface area contributed by atoms with Gasteiger partial charge in [0.15, 0.2) is 6.10 Å². The van der Waals surface area contributed by atoms with Gasteiger partial charge in [0, 0.05) is 0 Å². The van der Waals surface area contributed by atoms with Gasteiger partial charge < -0.3 is 4.74 Å². The molecule has 0 bridgehead atoms. The minimum absolute atomic E-state index is 0.242. The third-order valence-electron chi connectivity index (χ3n) is 6.33. The van der Waals surface area contributed by atoms with Crippen LogP contribution in [0.15, 0.2) is 72.8 Å². The van der Waals surface area contributed by atoms with E-state index in [-0.39, 0.29) is 11.8 Å². The molecule has 0 aliphatic carbocycles. The zero-order valence-corrected chi connectivity index (χ0v) is 18.2. The van der Waals surface area contributed by atoms with Gasteiger partial charge >= 0.3 is 0 Å². The fourth-order valence-electron chi connectivity index (χ4n) is 4.48. The number of benzene rings is 3. The summed E-state index contributed by atoms with van der Waals surface area (Å²) in [6, 6.07) is 22.3. The zero-order valence-electron chi connectivity index (χ0n) is 18.2. The average Bonchev–Trinajstić information content (AvgIpc) is 3.32. The first-order chi connectivity index (χ1) is 15.5. The van der Waals surface area contributed by atoms with E-state index >= 15 is 0 Å². The van der Waals surface area contributed by atoms with Crippen molar-refractivity contribution in [3.63, 3.8) is 0 Å². The number of hydrogen-bond donors (Lipinski definition) is 0. The highest BCUT2D eigenvalue weighted by Crippen LogP contribution is 2.47. The SMILES string of the molecule is COc1ccc(N2O[C@@H]3C(=O)N(c4ccc(C)c(C)c4)C(=O)[C@H]3[C@H]2c2ccccc2)cc1. The van der Waals surface area contributed by atoms with Gasteiger partial charge in [0.1, 0.15) is 11.7 Å². The molecule has 0 radical (unpaired) electrons. The standard InChI is InChI=1S/C26H24N2O4/c1-16-9-10-20(15-17(16)2)27-25(29)22-23(18-7-5-4-6-8-18)28(32-24(22)26(27)30)19-11-13-21(31-3)14-12-19/h4-15,22-24H,1-3H3/t22-,23+,24-/m0/s1. The van der Waals surface area contributed by atoms with E-state index in [1.165, 1.54) is 4.90 Å². The van der Waals surface area contributed by atoms with Gasteiger partial charge in [-0.05, 0) is 66.9 Å². The van der Waals surface area contributed by atoms with E-state index in [4.69, 9.17) is 9.57 Å². The van der Waals surface area contributed by atoms with Gasteiger partial charge in [-0.25, -0.2) is 9.96 Å². The number of amides is 2. The molecule has 162 valence electrons. The number of nitrogens with zero attached hydrogens (tertiary/aromatic N) is 2. The van der Waals surface area contributed by atoms with Crippen molar-refractivity contribution in [1.29, 1.82) is 0 Å². The highest BCUT2D eigenvalue weighted by Gasteiger charge is 2.60. The highest BCUT2D eigenvalue weighted by atomic mass is 16.7. The lowest BCUT2D eigenvalue weighted by molar-refractivity contribution is -0.126. The molecule has 2 aliphatic heterocycles. The Balaban J connectivity index is 1.56. The van der Waals surface area contributed by atoms with Gasteiger partial charge in [-0.2, -0.15) is 0 Å². The average molecular weight is 428 g/mol. The highest BCUT2D eigenvalue weighted by molar-refractivity contribution is 6.24. The summed E-state index contributed by atoms with van der Waals surface area (Å²) >= 11 is 0. The van der Waals surface area contributed by atoms with Crippen LogP contribution in [0.3, 0.4) is 0 Å². The topological polar surface area (TPSA) is 59.1 Å². The number of carbonyl (C=O) groups excluding carboxylic acids is 2. The van der Waals surface area contributed by atoms with E-state index in [0.717, 1.165) is 28.1 Å². The minimum atomic E-state index is -0.878. The van der Waals surface area contributed by atoms with Gasteiger partial charge in [-0.3, -0.25) is 14.4 Å². The summed E-state index contributed by atoms with van der Waals surface area (Å²) in [4.78, 5) is 34.5. The molecule has 3 aromatic carbocycles. The third kappa shape index (κ3) is 3.15. The molecule has 3 atom stereocenters. The Morgan fingerprint density at radius 2 is 1.50 bits per heavy atom. The van der Waals surface area contributed by atoms with Crippen molar-refractivity contribution in [2.45, 2.75) is 26.0 Å². The van der Waals surface area contributed by atoms with Gasteiger partial charge in [0.2, 0.25) is 5.91 Å². The van der Waals surface area contributed by atoms with Crippen LogP contribution in [0.25, 0.3) is 0 Å². The number of anilines is 2. The molecule has 0 unspecified atom stereocenters. The lowest BCUT2D eigenvalue weighted by Crippen LogP contribution is -2.37. The first kappa shape index (κ1) is 20.3. The van der Waals surface area contributed by atoms with E-state index in [1.807, 2.05) is 86.6 Å². The van der Waals surface area contributed by atoms with Gasteiger partial charge in [-0.1, -0.05) is 36.4 Å². The lowest BCUT2D eigenvalue weighted by Gasteiger charge is -2.29. The molecule has 6 heteroatoms. The molecule has 0 aromatic heterocycles. The third-order valence-corrected chi connectivity index (χ3v) is 6.33. The molecule has 32 heavy (non-hydrogen) atoms. The summed E-state index contributed by atoms with van der Waals surface area (Å²) < 4.78 is 5.26. The van der Waals surface area contributed by atoms with Crippen molar-refractivity contribution < 1.29 is 19.2 Å². The molecule has 2 saturated heterocycles. The number of ether oxygens (including phenoxy) is 1. The summed E-state index contributed by atoms with van der Waals surface area (Å²) in [5, 5.41) is 1.69. The first-order valence-corrected chi connectivity index (χ1v) is 10.6. The Hall–Kier alpha value is -3.64. The Morgan fingerprint density at radius 3 is 2.16 bits per heavy atom. The molecule has 5 rings (SSSR count). The Bertz CT molecular complexity index is 1180. The van der Waals surface area contributed by atoms with Crippen LogP contribution in [0, 0.1) is 19.8 Å². The number of hydrogen-bond acceptors (Lipinski definition) is 5. The second-order valence-electron chi connectivity index (χ2n) is 8.21. The molecule has 0 saturated carbocycles. The van der Waals surface area contributed by atoms with Crippen molar-refractivity contribution in [1.82, 2.24) is 0 Å². The number of aryl methyl sites for hydroxylation is 2. The summed E-state index contributed by atoms with van der Waals surface area (Å²) in [5.41, 5.74) is 4.40. The number of hydroxylamine groups is 1. The molecular weight excluding hydrogens is 404 g/mol. The summed E-state index contributed by atoms with van der Waals surface area (Å²) in [6.07, 6.45) is -0.878. The van der Waals surface area contributed by atoms with Crippen LogP contribution < -0.4 is 14.7 Å². The van der Waals surface area contributed by atoms with Gasteiger partial charge in [0.25, 0.3) is 5.91 Å². The molecule has 6 nitrogen and oxygen atoms in total. The molecular formula is C26H24N2O4. The van der Waals surface area contributed by atoms with E-state index in [2.05, 4.69) is 0 Å². The number of fused-ring (bicyclic) bond motifs is 1. The van der Waals surface area contributed by atoms with Crippen molar-refractivity contribution in [2.75, 3.05) is 17.1 Å². The molecule has 2 aliphatic rings. The minimum Gasteiger partial charge on any atom is -0.497 e. The molecule has 2 amide bonds. The van der Waals surface area contributed by atoms with E-state index in [9.17, 15) is 9.59 Å². The molecule has 0 spiro atoms. The van der Waals surface area contributed by atoms with Crippen molar-refractivity contribution >= 4 is 23.2 Å². The van der Waals surface area contributed by atoms with Crippen LogP contribution in [0.2, 0.25) is 0 Å². The molecule has 3 aromatic rings. The smallest absolute Gasteiger partial charge is 0.266 e. The van der Waals surface area contributed by atoms with Crippen LogP contribution in [-0.4, -0.2) is 25.0 Å². The second kappa shape index (κ2) is 7.80. The lowest BCUT2D eigenvalue weighted by atomic mass is 9.90. The van der Waals surface area contributed by atoms with Gasteiger partial charge in [0.05, 0.1) is 24.5 Å². The maximum absolute atomic E-state index is 13.6. The van der Waals surface area contributed by atoms with Crippen LogP contribution in [0.5, 0.6) is 5.75 Å². The zero-order chi connectivity index (χ0) is 22.4. The number of methoxy groups -OCH3 is 1. The Morgan fingerprint density at radius 1 is 0.812 bits per heavy atom. The van der Waals surface area contributed by atoms with Crippen molar-refractivity contribution in [3.8, 4) is 5.75 Å². The fraction of sp³-hybridized carbons (Fsp3) is 0.231. The van der Waals surface area contributed by atoms with Crippen LogP contribution in [0.4, 0.5) is 11.4 Å². The largest absolute Gasteiger partial charge is 0.497 e. The number of rotatable bonds is 4. The summed E-state index contributed by atoms with van der Waals surface area (Å²) in [5.74, 6) is -0.501. The van der Waals surface area contributed by atoms with E-state index in [1.54, 1.807) is 12.2 Å². The Kier molecular flexibility index (Phi) is 4.94. The van der Waals surface area contributed by atoms with Crippen molar-refractivity contribution in [3.05, 3.63) is 89.5 Å². The molecule has 2 fully saturated rings. The van der Waals surface area contributed by atoms with E-state index < -0.39 is 18.1 Å². The molecule has 0 N–H and O–H groups in total. The second-order valence-corrected chi connectivity index (χ2v) is 8.21. The van der Waals surface area contributed by atoms with Crippen molar-refractivity contribution in [2.24, 2.45) is 5.92 Å². The normalized spacial score (nSPS) is 22.4. The van der Waals surface area contributed by atoms with Crippen LogP contribution in [0.1, 0.15) is 22.7 Å². The predicted octanol–water partition coefficient (Wildman–Crippen LogP) is 4.36. The number of imide groups is 1. The maximum Gasteiger partial charge on any atom is 0.266 e. The monoisotopic (exact) mass is 428 g/mol. The fourth-order valence-corrected chi connectivity index (χ4v) is 4.48. The molecule has 2 heterocycles. The predicted molar refractivity (Wildman–Crippen MR) is 121 cm³/mol. The first-order valence-electron chi connectivity index (χ1n) is 10.6. The summed E-state index contributed by atoms with van der Waals surface area (Å²) in [6.45, 7) is 3.97. The van der Waals surface area contributed by atoms with Gasteiger partial charge in [-0.15, -0.1) is 0 Å². The quantitative estimate of drug-likeness (QED) is 0.578. The number of carbonyl (C=O) groups is 2. The maximum atomic E-state index is 13.6. The van der Waals surface area contributed by atoms with Crippen LogP contribution >= 0.6 is 0 Å². The Labute approximate surface area is 186 Å². The summed E-state index contributed by atoms with van der Waals surface area (Å²) in [7, 11) is 1.61.